The third kappa shape index (κ3) is 2.42. The molecule has 4 aliphatic carbocycles. The van der Waals surface area contributed by atoms with Crippen LogP contribution in [-0.2, 0) is 25.7 Å². The second-order valence-corrected chi connectivity index (χ2v) is 8.74. The van der Waals surface area contributed by atoms with Crippen molar-refractivity contribution in [2.45, 2.75) is 25.7 Å². The van der Waals surface area contributed by atoms with Crippen molar-refractivity contribution in [2.24, 2.45) is 0 Å². The maximum atomic E-state index is 2.40. The van der Waals surface area contributed by atoms with E-state index in [0.717, 1.165) is 25.7 Å². The van der Waals surface area contributed by atoms with Crippen LogP contribution in [0.1, 0.15) is 22.3 Å². The van der Waals surface area contributed by atoms with E-state index in [4.69, 9.17) is 0 Å². The van der Waals surface area contributed by atoms with E-state index >= 15 is 0 Å². The predicted molar refractivity (Wildman–Crippen MR) is 118 cm³/mol. The molecule has 0 radical (unpaired) electrons. The van der Waals surface area contributed by atoms with Gasteiger partial charge in [0.05, 0.1) is 0 Å². The highest BCUT2D eigenvalue weighted by atomic mass is 32.1. The molecule has 9 rings (SSSR count). The lowest BCUT2D eigenvalue weighted by Crippen LogP contribution is -2.00. The molecule has 0 aliphatic heterocycles. The maximum absolute atomic E-state index is 2.40. The van der Waals surface area contributed by atoms with Crippen molar-refractivity contribution in [1.29, 1.82) is 0 Å². The molecule has 4 aromatic carbocycles. The van der Waals surface area contributed by atoms with Gasteiger partial charge in [-0.25, -0.2) is 0 Å². The standard InChI is InChI=1S/C26H20S/c1-2-4-23-22(3-1)26-24(27-23)16-15-21-19-11-9-17-5-7-18(8-6-17)10-12-20(14-13-19)25(21)26/h1-8,13-16H,9-12H2. The molecule has 0 spiro atoms. The molecule has 0 fully saturated rings. The fourth-order valence-electron chi connectivity index (χ4n) is 4.65. The lowest BCUT2D eigenvalue weighted by Gasteiger charge is -2.15. The molecule has 0 amide bonds. The number of rotatable bonds is 0. The van der Waals surface area contributed by atoms with E-state index in [9.17, 15) is 0 Å². The zero-order valence-electron chi connectivity index (χ0n) is 15.2. The molecule has 0 saturated carbocycles. The highest BCUT2D eigenvalue weighted by molar-refractivity contribution is 7.26. The summed E-state index contributed by atoms with van der Waals surface area (Å²) in [6, 6.07) is 27.7. The number of hydrogen-bond donors (Lipinski definition) is 0. The van der Waals surface area contributed by atoms with Crippen LogP contribution >= 0.6 is 11.3 Å². The van der Waals surface area contributed by atoms with Gasteiger partial charge in [0, 0.05) is 20.2 Å². The van der Waals surface area contributed by atoms with Crippen LogP contribution in [0.25, 0.3) is 30.9 Å². The Kier molecular flexibility index (Phi) is 3.39. The lowest BCUT2D eigenvalue weighted by atomic mass is 9.89. The average molecular weight is 365 g/mol. The molecule has 1 heteroatoms. The van der Waals surface area contributed by atoms with Crippen LogP contribution in [0.4, 0.5) is 0 Å². The third-order valence-electron chi connectivity index (χ3n) is 6.09. The Morgan fingerprint density at radius 3 is 2.00 bits per heavy atom. The Balaban J connectivity index is 1.70. The van der Waals surface area contributed by atoms with Crippen LogP contribution in [0, 0.1) is 0 Å². The summed E-state index contributed by atoms with van der Waals surface area (Å²) in [5, 5.41) is 5.84. The first-order chi connectivity index (χ1) is 13.4. The lowest BCUT2D eigenvalue weighted by molar-refractivity contribution is 0.935. The van der Waals surface area contributed by atoms with E-state index in [0.29, 0.717) is 0 Å². The Morgan fingerprint density at radius 2 is 1.19 bits per heavy atom. The van der Waals surface area contributed by atoms with Crippen LogP contribution in [0.3, 0.4) is 0 Å². The van der Waals surface area contributed by atoms with Gasteiger partial charge in [-0.1, -0.05) is 60.7 Å². The second-order valence-electron chi connectivity index (χ2n) is 7.66. The van der Waals surface area contributed by atoms with Crippen molar-refractivity contribution in [3.8, 4) is 0 Å². The van der Waals surface area contributed by atoms with Gasteiger partial charge in [-0.2, -0.15) is 0 Å². The quantitative estimate of drug-likeness (QED) is 0.275. The van der Waals surface area contributed by atoms with Gasteiger partial charge in [-0.05, 0) is 70.8 Å². The van der Waals surface area contributed by atoms with Gasteiger partial charge in [-0.3, -0.25) is 0 Å². The summed E-state index contributed by atoms with van der Waals surface area (Å²) in [5.74, 6) is 0. The molecule has 130 valence electrons. The van der Waals surface area contributed by atoms with E-state index in [1.807, 2.05) is 11.3 Å². The van der Waals surface area contributed by atoms with Crippen molar-refractivity contribution in [3.05, 3.63) is 95.1 Å². The summed E-state index contributed by atoms with van der Waals surface area (Å²) in [6.07, 6.45) is 4.41. The predicted octanol–water partition coefficient (Wildman–Crippen LogP) is 7.09. The summed E-state index contributed by atoms with van der Waals surface area (Å²) in [4.78, 5) is 0. The minimum absolute atomic E-state index is 1.10. The smallest absolute Gasteiger partial charge is 0.0361 e. The number of aryl methyl sites for hydroxylation is 4. The first-order valence-electron chi connectivity index (χ1n) is 9.79. The summed E-state index contributed by atoms with van der Waals surface area (Å²) >= 11 is 1.92. The third-order valence-corrected chi connectivity index (χ3v) is 7.22. The minimum atomic E-state index is 1.10. The minimum Gasteiger partial charge on any atom is -0.135 e. The Labute approximate surface area is 163 Å². The summed E-state index contributed by atoms with van der Waals surface area (Å²) < 4.78 is 2.81. The molecule has 4 aliphatic rings. The monoisotopic (exact) mass is 364 g/mol. The Bertz CT molecular complexity index is 1310. The Hall–Kier alpha value is -2.64. The molecule has 0 unspecified atom stereocenters. The first-order valence-corrected chi connectivity index (χ1v) is 10.6. The first kappa shape index (κ1) is 15.4. The van der Waals surface area contributed by atoms with Crippen molar-refractivity contribution < 1.29 is 0 Å². The van der Waals surface area contributed by atoms with E-state index in [-0.39, 0.29) is 0 Å². The molecule has 5 aromatic rings. The summed E-state index contributed by atoms with van der Waals surface area (Å²) in [6.45, 7) is 0. The molecule has 0 atom stereocenters. The molecular weight excluding hydrogens is 344 g/mol. The van der Waals surface area contributed by atoms with E-state index in [1.165, 1.54) is 53.2 Å². The molecular formula is C26H20S. The van der Waals surface area contributed by atoms with E-state index < -0.39 is 0 Å². The Morgan fingerprint density at radius 1 is 0.481 bits per heavy atom. The van der Waals surface area contributed by atoms with Gasteiger partial charge < -0.3 is 0 Å². The normalized spacial score (nSPS) is 14.1. The van der Waals surface area contributed by atoms with Gasteiger partial charge >= 0.3 is 0 Å². The van der Waals surface area contributed by atoms with E-state index in [2.05, 4.69) is 72.8 Å². The summed E-state index contributed by atoms with van der Waals surface area (Å²) in [7, 11) is 0. The van der Waals surface area contributed by atoms with Crippen molar-refractivity contribution in [1.82, 2.24) is 0 Å². The fraction of sp³-hybridized carbons (Fsp3) is 0.154. The van der Waals surface area contributed by atoms with Gasteiger partial charge in [0.2, 0.25) is 0 Å². The molecule has 0 nitrogen and oxygen atoms in total. The van der Waals surface area contributed by atoms with Crippen LogP contribution in [-0.4, -0.2) is 0 Å². The van der Waals surface area contributed by atoms with Crippen LogP contribution < -0.4 is 0 Å². The molecule has 0 N–H and O–H groups in total. The highest BCUT2D eigenvalue weighted by Gasteiger charge is 2.15. The number of thiophene rings is 1. The van der Waals surface area contributed by atoms with Gasteiger partial charge in [-0.15, -0.1) is 11.3 Å². The van der Waals surface area contributed by atoms with Crippen molar-refractivity contribution in [2.75, 3.05) is 0 Å². The largest absolute Gasteiger partial charge is 0.135 e. The highest BCUT2D eigenvalue weighted by Crippen LogP contribution is 2.41. The number of fused-ring (bicyclic) bond motifs is 3. The topological polar surface area (TPSA) is 0 Å². The fourth-order valence-corrected chi connectivity index (χ4v) is 5.76. The SMILES string of the molecule is c1ccc2c(c1)sc1ccc3c4ccc(c3c12)CCc1ccc(cc1)CC4. The molecule has 27 heavy (non-hydrogen) atoms. The maximum Gasteiger partial charge on any atom is 0.0361 e. The molecule has 4 bridgehead atoms. The average Bonchev–Trinajstić information content (AvgIpc) is 3.08. The zero-order chi connectivity index (χ0) is 17.8. The van der Waals surface area contributed by atoms with Gasteiger partial charge in [0.25, 0.3) is 0 Å². The van der Waals surface area contributed by atoms with Crippen LogP contribution in [0.2, 0.25) is 0 Å². The van der Waals surface area contributed by atoms with Crippen LogP contribution in [0.5, 0.6) is 0 Å². The van der Waals surface area contributed by atoms with Crippen molar-refractivity contribution in [3.63, 3.8) is 0 Å². The molecule has 1 aromatic heterocycles. The number of benzene rings is 4. The van der Waals surface area contributed by atoms with Crippen molar-refractivity contribution >= 4 is 42.3 Å². The van der Waals surface area contributed by atoms with Gasteiger partial charge in [0.1, 0.15) is 0 Å². The second kappa shape index (κ2) is 5.94. The summed E-state index contributed by atoms with van der Waals surface area (Å²) in [5.41, 5.74) is 5.86. The zero-order valence-corrected chi connectivity index (χ0v) is 16.0. The number of hydrogen-bond acceptors (Lipinski definition) is 1. The molecule has 0 saturated heterocycles. The molecule has 1 heterocycles. The van der Waals surface area contributed by atoms with Crippen LogP contribution in [0.15, 0.2) is 72.8 Å². The van der Waals surface area contributed by atoms with E-state index in [1.54, 1.807) is 0 Å². The van der Waals surface area contributed by atoms with Gasteiger partial charge in [0.15, 0.2) is 0 Å².